The van der Waals surface area contributed by atoms with E-state index < -0.39 is 24.9 Å². The highest BCUT2D eigenvalue weighted by Crippen LogP contribution is 2.47. The number of ether oxygens (including phenoxy) is 2. The molecule has 3 saturated heterocycles. The number of anilines is 2. The molecular weight excluding hydrogens is 535 g/mol. The second-order valence-corrected chi connectivity index (χ2v) is 11.5. The first kappa shape index (κ1) is 24.9. The van der Waals surface area contributed by atoms with Crippen LogP contribution in [0.3, 0.4) is 0 Å². The molecule has 0 aliphatic carbocycles. The van der Waals surface area contributed by atoms with Crippen molar-refractivity contribution in [2.75, 3.05) is 56.3 Å². The number of halogens is 4. The van der Waals surface area contributed by atoms with Crippen molar-refractivity contribution in [3.63, 3.8) is 0 Å². The van der Waals surface area contributed by atoms with Crippen molar-refractivity contribution in [1.82, 2.24) is 24.6 Å². The molecule has 0 bridgehead atoms. The van der Waals surface area contributed by atoms with Crippen LogP contribution in [0, 0.1) is 12.3 Å². The van der Waals surface area contributed by atoms with Crippen molar-refractivity contribution in [1.29, 1.82) is 0 Å². The molecule has 4 aliphatic rings. The molecule has 4 aliphatic heterocycles. The molecule has 0 saturated carbocycles. The van der Waals surface area contributed by atoms with Crippen molar-refractivity contribution < 1.29 is 22.6 Å². The van der Waals surface area contributed by atoms with Crippen molar-refractivity contribution in [2.24, 2.45) is 5.41 Å². The first-order valence-corrected chi connectivity index (χ1v) is 13.1. The number of rotatable bonds is 4. The summed E-state index contributed by atoms with van der Waals surface area (Å²) in [5.74, 6) is 2.70. The van der Waals surface area contributed by atoms with E-state index >= 15 is 0 Å². The molecule has 13 heteroatoms. The number of nitrogens with zero attached hydrogens (tertiary/aromatic N) is 7. The Morgan fingerprint density at radius 3 is 2.41 bits per heavy atom. The predicted octanol–water partition coefficient (Wildman–Crippen LogP) is 3.61. The second-order valence-electron chi connectivity index (χ2n) is 11.1. The van der Waals surface area contributed by atoms with Gasteiger partial charge >= 0.3 is 6.18 Å². The van der Waals surface area contributed by atoms with Gasteiger partial charge in [-0.3, -0.25) is 9.47 Å². The zero-order chi connectivity index (χ0) is 27.2. The molecule has 9 nitrogen and oxygen atoms in total. The average molecular weight is 562 g/mol. The minimum Gasteiger partial charge on any atom is -0.493 e. The highest BCUT2D eigenvalue weighted by Gasteiger charge is 2.64. The van der Waals surface area contributed by atoms with E-state index in [0.29, 0.717) is 22.4 Å². The van der Waals surface area contributed by atoms with Gasteiger partial charge in [0.25, 0.3) is 0 Å². The zero-order valence-corrected chi connectivity index (χ0v) is 22.3. The van der Waals surface area contributed by atoms with Gasteiger partial charge in [0.2, 0.25) is 5.95 Å². The summed E-state index contributed by atoms with van der Waals surface area (Å²) < 4.78 is 55.2. The Kier molecular flexibility index (Phi) is 5.40. The summed E-state index contributed by atoms with van der Waals surface area (Å²) in [6.07, 6.45) is -4.45. The number of methoxy groups -OCH3 is 1. The molecule has 0 unspecified atom stereocenters. The monoisotopic (exact) mass is 561 g/mol. The lowest BCUT2D eigenvalue weighted by molar-refractivity contribution is -0.310. The zero-order valence-electron chi connectivity index (χ0n) is 21.5. The number of benzene rings is 1. The molecule has 3 fully saturated rings. The number of hydrogen-bond donors (Lipinski definition) is 0. The van der Waals surface area contributed by atoms with E-state index in [1.807, 2.05) is 29.7 Å². The van der Waals surface area contributed by atoms with E-state index in [1.54, 1.807) is 19.2 Å². The predicted molar refractivity (Wildman–Crippen MR) is 138 cm³/mol. The molecule has 0 atom stereocenters. The standard InChI is InChI=1S/C26H27ClF3N7O2/c1-16-3-6-20(38-2)22(31-16)34-10-24(11-34)12-35(13-24)23-33-32-21-9-36(25(14-39-15-25)26(28,29)30)8-17-7-18(27)4-5-19(17)37(21)23/h3-7H,8-15H2,1-2H3. The molecule has 39 heavy (non-hydrogen) atoms. The van der Waals surface area contributed by atoms with E-state index in [1.165, 1.54) is 4.90 Å². The second kappa shape index (κ2) is 8.45. The minimum atomic E-state index is -4.45. The van der Waals surface area contributed by atoms with E-state index in [2.05, 4.69) is 25.0 Å². The van der Waals surface area contributed by atoms with Gasteiger partial charge in [0.15, 0.2) is 22.9 Å². The minimum absolute atomic E-state index is 0.00620. The highest BCUT2D eigenvalue weighted by atomic mass is 35.5. The van der Waals surface area contributed by atoms with Crippen LogP contribution >= 0.6 is 11.6 Å². The summed E-state index contributed by atoms with van der Waals surface area (Å²) in [5, 5.41) is 9.32. The molecule has 0 N–H and O–H groups in total. The fraction of sp³-hybridized carbons (Fsp3) is 0.500. The summed E-state index contributed by atoms with van der Waals surface area (Å²) >= 11 is 6.30. The Balaban J connectivity index is 1.16. The molecule has 6 heterocycles. The van der Waals surface area contributed by atoms with Gasteiger partial charge in [-0.2, -0.15) is 13.2 Å². The third kappa shape index (κ3) is 3.71. The van der Waals surface area contributed by atoms with Gasteiger partial charge in [0.05, 0.1) is 32.6 Å². The number of aromatic nitrogens is 4. The van der Waals surface area contributed by atoms with Gasteiger partial charge in [0, 0.05) is 48.9 Å². The first-order chi connectivity index (χ1) is 18.6. The molecule has 1 aromatic carbocycles. The van der Waals surface area contributed by atoms with Crippen LogP contribution in [0.4, 0.5) is 24.9 Å². The largest absolute Gasteiger partial charge is 0.493 e. The number of alkyl halides is 3. The van der Waals surface area contributed by atoms with Crippen molar-refractivity contribution in [3.8, 4) is 11.4 Å². The molecule has 0 radical (unpaired) electrons. The lowest BCUT2D eigenvalue weighted by Gasteiger charge is -2.60. The molecule has 1 spiro atoms. The topological polar surface area (TPSA) is 71.8 Å². The number of aryl methyl sites for hydroxylation is 1. The molecule has 7 rings (SSSR count). The highest BCUT2D eigenvalue weighted by molar-refractivity contribution is 6.30. The first-order valence-electron chi connectivity index (χ1n) is 12.8. The Morgan fingerprint density at radius 1 is 1.00 bits per heavy atom. The lowest BCUT2D eigenvalue weighted by atomic mass is 9.73. The van der Waals surface area contributed by atoms with Crippen LogP contribution in [0.1, 0.15) is 17.1 Å². The van der Waals surface area contributed by atoms with Gasteiger partial charge in [-0.15, -0.1) is 10.2 Å². The third-order valence-electron chi connectivity index (χ3n) is 8.39. The number of fused-ring (bicyclic) bond motifs is 3. The van der Waals surface area contributed by atoms with Gasteiger partial charge in [-0.25, -0.2) is 4.98 Å². The molecular formula is C26H27ClF3N7O2. The average Bonchev–Trinajstić information content (AvgIpc) is 3.11. The number of hydrogen-bond acceptors (Lipinski definition) is 8. The smallest absolute Gasteiger partial charge is 0.411 e. The maximum absolute atomic E-state index is 14.2. The quantitative estimate of drug-likeness (QED) is 0.479. The van der Waals surface area contributed by atoms with Crippen LogP contribution in [-0.2, 0) is 17.8 Å². The van der Waals surface area contributed by atoms with Gasteiger partial charge in [-0.1, -0.05) is 11.6 Å². The van der Waals surface area contributed by atoms with E-state index in [4.69, 9.17) is 21.1 Å². The summed E-state index contributed by atoms with van der Waals surface area (Å²) in [7, 11) is 1.65. The van der Waals surface area contributed by atoms with E-state index in [0.717, 1.165) is 49.1 Å². The van der Waals surface area contributed by atoms with Crippen LogP contribution in [0.25, 0.3) is 5.69 Å². The van der Waals surface area contributed by atoms with Crippen molar-refractivity contribution in [3.05, 3.63) is 52.4 Å². The van der Waals surface area contributed by atoms with Crippen LogP contribution in [0.15, 0.2) is 30.3 Å². The lowest BCUT2D eigenvalue weighted by Crippen LogP contribution is -2.73. The summed E-state index contributed by atoms with van der Waals surface area (Å²) in [5.41, 5.74) is 0.405. The Morgan fingerprint density at radius 2 is 1.74 bits per heavy atom. The Labute approximate surface area is 228 Å². The molecule has 206 valence electrons. The Hall–Kier alpha value is -3.09. The van der Waals surface area contributed by atoms with Gasteiger partial charge in [-0.05, 0) is 42.8 Å². The fourth-order valence-electron chi connectivity index (χ4n) is 6.25. The molecule has 2 aromatic heterocycles. The van der Waals surface area contributed by atoms with Crippen LogP contribution in [0.2, 0.25) is 5.02 Å². The summed E-state index contributed by atoms with van der Waals surface area (Å²) in [6.45, 7) is 4.43. The van der Waals surface area contributed by atoms with Gasteiger partial charge < -0.3 is 19.3 Å². The van der Waals surface area contributed by atoms with Crippen LogP contribution in [0.5, 0.6) is 5.75 Å². The number of pyridine rings is 1. The van der Waals surface area contributed by atoms with Crippen LogP contribution < -0.4 is 14.5 Å². The van der Waals surface area contributed by atoms with Crippen molar-refractivity contribution >= 4 is 23.4 Å². The van der Waals surface area contributed by atoms with Gasteiger partial charge in [0.1, 0.15) is 0 Å². The van der Waals surface area contributed by atoms with E-state index in [-0.39, 0.29) is 18.5 Å². The van der Waals surface area contributed by atoms with Crippen molar-refractivity contribution in [2.45, 2.75) is 31.7 Å². The molecule has 0 amide bonds. The summed E-state index contributed by atoms with van der Waals surface area (Å²) in [6, 6.07) is 9.19. The SMILES string of the molecule is COc1ccc(C)nc1N1CC2(C1)CN(c1nnc3n1-c1ccc(Cl)cc1CN(C1(C(F)(F)F)COC1)C3)C2. The molecule has 3 aromatic rings. The third-order valence-corrected chi connectivity index (χ3v) is 8.62. The van der Waals surface area contributed by atoms with E-state index in [9.17, 15) is 13.2 Å². The fourth-order valence-corrected chi connectivity index (χ4v) is 6.44. The maximum atomic E-state index is 14.2. The maximum Gasteiger partial charge on any atom is 0.411 e. The Bertz CT molecular complexity index is 1440. The summed E-state index contributed by atoms with van der Waals surface area (Å²) in [4.78, 5) is 10.5. The van der Waals surface area contributed by atoms with Crippen LogP contribution in [-0.4, -0.2) is 82.9 Å². The normalized spacial score (nSPS) is 21.4.